The minimum Gasteiger partial charge on any atom is -0.462 e. The van der Waals surface area contributed by atoms with Crippen molar-refractivity contribution in [3.05, 3.63) is 35.4 Å². The maximum Gasteiger partial charge on any atom is 0.339 e. The molecule has 24 heavy (non-hydrogen) atoms. The molecule has 0 aliphatic carbocycles. The molecule has 1 aliphatic heterocycles. The fourth-order valence-electron chi connectivity index (χ4n) is 2.42. The van der Waals surface area contributed by atoms with Crippen molar-refractivity contribution in [3.8, 4) is 0 Å². The van der Waals surface area contributed by atoms with Gasteiger partial charge in [0.05, 0.1) is 24.3 Å². The van der Waals surface area contributed by atoms with Crippen LogP contribution >= 0.6 is 0 Å². The first kappa shape index (κ1) is 18.5. The molecule has 2 unspecified atom stereocenters. The number of carbonyl (C=O) groups is 2. The highest BCUT2D eigenvalue weighted by Gasteiger charge is 2.26. The summed E-state index contributed by atoms with van der Waals surface area (Å²) in [6.07, 6.45) is 4.27. The molecule has 1 heterocycles. The second-order valence-electron chi connectivity index (χ2n) is 6.11. The van der Waals surface area contributed by atoms with Gasteiger partial charge in [-0.2, -0.15) is 0 Å². The summed E-state index contributed by atoms with van der Waals surface area (Å²) in [4.78, 5) is 24.5. The Bertz CT molecular complexity index is 550. The summed E-state index contributed by atoms with van der Waals surface area (Å²) in [5, 5.41) is 0. The van der Waals surface area contributed by atoms with E-state index in [4.69, 9.17) is 14.2 Å². The summed E-state index contributed by atoms with van der Waals surface area (Å²) < 4.78 is 15.6. The van der Waals surface area contributed by atoms with Crippen molar-refractivity contribution in [2.45, 2.75) is 45.6 Å². The van der Waals surface area contributed by atoms with Gasteiger partial charge in [0.1, 0.15) is 12.7 Å². The molecule has 2 rings (SSSR count). The number of hydrogen-bond acceptors (Lipinski definition) is 5. The number of ether oxygens (including phenoxy) is 3. The molecule has 0 aromatic heterocycles. The normalized spacial score (nSPS) is 17.2. The van der Waals surface area contributed by atoms with Gasteiger partial charge in [0.15, 0.2) is 0 Å². The van der Waals surface area contributed by atoms with Crippen molar-refractivity contribution in [1.82, 2.24) is 0 Å². The quantitative estimate of drug-likeness (QED) is 0.483. The molecule has 1 saturated heterocycles. The number of epoxide rings is 1. The van der Waals surface area contributed by atoms with Crippen LogP contribution in [0.1, 0.15) is 60.2 Å². The maximum absolute atomic E-state index is 12.4. The summed E-state index contributed by atoms with van der Waals surface area (Å²) in [7, 11) is 0. The van der Waals surface area contributed by atoms with E-state index in [9.17, 15) is 9.59 Å². The van der Waals surface area contributed by atoms with Crippen LogP contribution in [0.15, 0.2) is 24.3 Å². The summed E-state index contributed by atoms with van der Waals surface area (Å²) >= 11 is 0. The van der Waals surface area contributed by atoms with Gasteiger partial charge in [0.2, 0.25) is 0 Å². The smallest absolute Gasteiger partial charge is 0.339 e. The van der Waals surface area contributed by atoms with Crippen LogP contribution in [0.2, 0.25) is 0 Å². The monoisotopic (exact) mass is 334 g/mol. The molecular weight excluding hydrogens is 308 g/mol. The van der Waals surface area contributed by atoms with Crippen LogP contribution in [0.4, 0.5) is 0 Å². The fraction of sp³-hybridized carbons (Fsp3) is 0.579. The Labute approximate surface area is 143 Å². The van der Waals surface area contributed by atoms with Crippen LogP contribution in [-0.4, -0.2) is 37.9 Å². The number of rotatable bonds is 10. The number of hydrogen-bond donors (Lipinski definition) is 0. The van der Waals surface area contributed by atoms with Crippen molar-refractivity contribution in [2.24, 2.45) is 5.92 Å². The summed E-state index contributed by atoms with van der Waals surface area (Å²) in [5.74, 6) is -0.628. The zero-order valence-electron chi connectivity index (χ0n) is 14.5. The summed E-state index contributed by atoms with van der Waals surface area (Å²) in [6.45, 7) is 5.46. The van der Waals surface area contributed by atoms with E-state index in [1.165, 1.54) is 0 Å². The van der Waals surface area contributed by atoms with Gasteiger partial charge in [0.25, 0.3) is 0 Å². The lowest BCUT2D eigenvalue weighted by molar-refractivity contribution is 0.0400. The molecular formula is C19H26O5. The van der Waals surface area contributed by atoms with E-state index in [2.05, 4.69) is 13.8 Å². The van der Waals surface area contributed by atoms with Gasteiger partial charge < -0.3 is 14.2 Å². The van der Waals surface area contributed by atoms with Gasteiger partial charge in [-0.3, -0.25) is 0 Å². The minimum absolute atomic E-state index is 0.00283. The standard InChI is InChI=1S/C19H26O5/c1-3-5-8-14(4-2)11-23-18(20)16-9-6-7-10-17(16)19(21)24-13-15-12-22-15/h6-7,9-10,14-15H,3-5,8,11-13H2,1-2H3. The number of carbonyl (C=O) groups excluding carboxylic acids is 2. The van der Waals surface area contributed by atoms with E-state index < -0.39 is 11.9 Å². The SMILES string of the molecule is CCCCC(CC)COC(=O)c1ccccc1C(=O)OCC1CO1. The van der Waals surface area contributed by atoms with E-state index in [1.807, 2.05) is 0 Å². The van der Waals surface area contributed by atoms with E-state index in [0.29, 0.717) is 19.1 Å². The van der Waals surface area contributed by atoms with Crippen LogP contribution in [0.3, 0.4) is 0 Å². The van der Waals surface area contributed by atoms with Crippen molar-refractivity contribution in [3.63, 3.8) is 0 Å². The van der Waals surface area contributed by atoms with E-state index >= 15 is 0 Å². The molecule has 2 atom stereocenters. The molecule has 0 spiro atoms. The Hall–Kier alpha value is -1.88. The minimum atomic E-state index is -0.518. The molecule has 1 aliphatic rings. The van der Waals surface area contributed by atoms with Crippen molar-refractivity contribution in [2.75, 3.05) is 19.8 Å². The van der Waals surface area contributed by atoms with Gasteiger partial charge in [0, 0.05) is 0 Å². The lowest BCUT2D eigenvalue weighted by Crippen LogP contribution is -2.18. The maximum atomic E-state index is 12.4. The fourth-order valence-corrected chi connectivity index (χ4v) is 2.42. The van der Waals surface area contributed by atoms with Crippen LogP contribution in [-0.2, 0) is 14.2 Å². The molecule has 5 nitrogen and oxygen atoms in total. The molecule has 5 heteroatoms. The first-order chi connectivity index (χ1) is 11.7. The van der Waals surface area contributed by atoms with Crippen molar-refractivity contribution in [1.29, 1.82) is 0 Å². The molecule has 0 bridgehead atoms. The zero-order chi connectivity index (χ0) is 17.4. The molecule has 1 fully saturated rings. The Morgan fingerprint density at radius 1 is 1.17 bits per heavy atom. The zero-order valence-corrected chi connectivity index (χ0v) is 14.5. The summed E-state index contributed by atoms with van der Waals surface area (Å²) in [5.41, 5.74) is 0.495. The topological polar surface area (TPSA) is 65.1 Å². The average molecular weight is 334 g/mol. The van der Waals surface area contributed by atoms with Crippen LogP contribution in [0.25, 0.3) is 0 Å². The third-order valence-electron chi connectivity index (χ3n) is 4.16. The van der Waals surface area contributed by atoms with Crippen LogP contribution in [0, 0.1) is 5.92 Å². The van der Waals surface area contributed by atoms with Gasteiger partial charge in [-0.25, -0.2) is 9.59 Å². The second kappa shape index (κ2) is 9.42. The van der Waals surface area contributed by atoms with Gasteiger partial charge in [-0.15, -0.1) is 0 Å². The van der Waals surface area contributed by atoms with E-state index in [1.54, 1.807) is 24.3 Å². The molecule has 0 amide bonds. The largest absolute Gasteiger partial charge is 0.462 e. The van der Waals surface area contributed by atoms with E-state index in [0.717, 1.165) is 25.7 Å². The van der Waals surface area contributed by atoms with Gasteiger partial charge >= 0.3 is 11.9 Å². The third-order valence-corrected chi connectivity index (χ3v) is 4.16. The molecule has 0 saturated carbocycles. The predicted molar refractivity (Wildman–Crippen MR) is 90.1 cm³/mol. The third kappa shape index (κ3) is 5.64. The molecule has 1 aromatic rings. The first-order valence-corrected chi connectivity index (χ1v) is 8.70. The molecule has 132 valence electrons. The predicted octanol–water partition coefficient (Wildman–Crippen LogP) is 3.62. The number of esters is 2. The Kier molecular flexibility index (Phi) is 7.25. The van der Waals surface area contributed by atoms with Crippen LogP contribution < -0.4 is 0 Å². The highest BCUT2D eigenvalue weighted by atomic mass is 16.6. The van der Waals surface area contributed by atoms with E-state index in [-0.39, 0.29) is 23.8 Å². The van der Waals surface area contributed by atoms with Crippen molar-refractivity contribution < 1.29 is 23.8 Å². The van der Waals surface area contributed by atoms with Gasteiger partial charge in [-0.05, 0) is 24.5 Å². The Morgan fingerprint density at radius 2 is 1.79 bits per heavy atom. The lowest BCUT2D eigenvalue weighted by atomic mass is 10.0. The molecule has 0 radical (unpaired) electrons. The van der Waals surface area contributed by atoms with Crippen molar-refractivity contribution >= 4 is 11.9 Å². The Balaban J connectivity index is 1.94. The highest BCUT2D eigenvalue weighted by molar-refractivity contribution is 6.03. The molecule has 1 aromatic carbocycles. The van der Waals surface area contributed by atoms with Gasteiger partial charge in [-0.1, -0.05) is 45.2 Å². The number of unbranched alkanes of at least 4 members (excludes halogenated alkanes) is 1. The second-order valence-corrected chi connectivity index (χ2v) is 6.11. The number of benzene rings is 1. The summed E-state index contributed by atoms with van der Waals surface area (Å²) in [6, 6.07) is 6.60. The van der Waals surface area contributed by atoms with Crippen LogP contribution in [0.5, 0.6) is 0 Å². The Morgan fingerprint density at radius 3 is 2.33 bits per heavy atom. The highest BCUT2D eigenvalue weighted by Crippen LogP contribution is 2.17. The molecule has 0 N–H and O–H groups in total. The first-order valence-electron chi connectivity index (χ1n) is 8.70. The average Bonchev–Trinajstić information content (AvgIpc) is 3.44. The lowest BCUT2D eigenvalue weighted by Gasteiger charge is -2.15.